The topological polar surface area (TPSA) is 111 Å². The third kappa shape index (κ3) is 2.21. The summed E-state index contributed by atoms with van der Waals surface area (Å²) in [5.41, 5.74) is 0.105. The van der Waals surface area contributed by atoms with E-state index >= 15 is 0 Å². The molecule has 0 unspecified atom stereocenters. The van der Waals surface area contributed by atoms with Crippen LogP contribution in [-0.2, 0) is 6.54 Å². The predicted octanol–water partition coefficient (Wildman–Crippen LogP) is 1.20. The molecule has 3 heterocycles. The van der Waals surface area contributed by atoms with E-state index in [0.717, 1.165) is 11.3 Å². The van der Waals surface area contributed by atoms with Crippen molar-refractivity contribution in [2.75, 3.05) is 0 Å². The lowest BCUT2D eigenvalue weighted by molar-refractivity contribution is 0.0701. The Kier molecular flexibility index (Phi) is 3.05. The maximum absolute atomic E-state index is 12.4. The monoisotopic (exact) mass is 306 g/mol. The first-order valence-electron chi connectivity index (χ1n) is 5.98. The number of thiophene rings is 1. The van der Waals surface area contributed by atoms with E-state index in [1.54, 1.807) is 13.8 Å². The molecule has 9 heteroatoms. The number of hydrogen-bond donors (Lipinski definition) is 1. The van der Waals surface area contributed by atoms with Crippen LogP contribution in [0.5, 0.6) is 0 Å². The number of aromatic carboxylic acids is 1. The average molecular weight is 306 g/mol. The van der Waals surface area contributed by atoms with Crippen LogP contribution in [0.2, 0.25) is 0 Å². The SMILES string of the molecule is Cc1noc(Cn2cnc3sc(C(=O)O)c(C)c3c2=O)n1. The van der Waals surface area contributed by atoms with Crippen LogP contribution in [0.25, 0.3) is 10.2 Å². The predicted molar refractivity (Wildman–Crippen MR) is 73.7 cm³/mol. The molecular weight excluding hydrogens is 296 g/mol. The van der Waals surface area contributed by atoms with Gasteiger partial charge in [-0.1, -0.05) is 5.16 Å². The van der Waals surface area contributed by atoms with Crippen molar-refractivity contribution in [3.05, 3.63) is 38.8 Å². The summed E-state index contributed by atoms with van der Waals surface area (Å²) in [6, 6.07) is 0. The molecule has 0 spiro atoms. The minimum absolute atomic E-state index is 0.0975. The highest BCUT2D eigenvalue weighted by molar-refractivity contribution is 7.20. The molecule has 0 fully saturated rings. The van der Waals surface area contributed by atoms with Crippen molar-refractivity contribution in [2.45, 2.75) is 20.4 Å². The Morgan fingerprint density at radius 1 is 1.48 bits per heavy atom. The lowest BCUT2D eigenvalue weighted by Crippen LogP contribution is -2.21. The summed E-state index contributed by atoms with van der Waals surface area (Å²) in [5.74, 6) is -0.289. The minimum atomic E-state index is -1.06. The van der Waals surface area contributed by atoms with Gasteiger partial charge >= 0.3 is 5.97 Å². The Bertz CT molecular complexity index is 908. The molecule has 0 aliphatic rings. The first-order chi connectivity index (χ1) is 9.97. The molecule has 0 radical (unpaired) electrons. The second-order valence-corrected chi connectivity index (χ2v) is 5.45. The molecule has 0 bridgehead atoms. The molecule has 0 aliphatic carbocycles. The second-order valence-electron chi connectivity index (χ2n) is 4.45. The molecule has 0 amide bonds. The zero-order valence-corrected chi connectivity index (χ0v) is 12.0. The summed E-state index contributed by atoms with van der Waals surface area (Å²) in [6.07, 6.45) is 1.35. The van der Waals surface area contributed by atoms with Gasteiger partial charge in [-0.15, -0.1) is 11.3 Å². The quantitative estimate of drug-likeness (QED) is 0.774. The Morgan fingerprint density at radius 3 is 2.86 bits per heavy atom. The highest BCUT2D eigenvalue weighted by Crippen LogP contribution is 2.26. The van der Waals surface area contributed by atoms with Gasteiger partial charge in [0.15, 0.2) is 5.82 Å². The average Bonchev–Trinajstić information content (AvgIpc) is 2.97. The Hall–Kier alpha value is -2.55. The smallest absolute Gasteiger partial charge is 0.346 e. The number of carbonyl (C=O) groups is 1. The van der Waals surface area contributed by atoms with Gasteiger partial charge in [0.05, 0.1) is 11.7 Å². The van der Waals surface area contributed by atoms with Crippen molar-refractivity contribution in [3.63, 3.8) is 0 Å². The Balaban J connectivity index is 2.13. The molecule has 0 aliphatic heterocycles. The van der Waals surface area contributed by atoms with Gasteiger partial charge in [0, 0.05) is 0 Å². The highest BCUT2D eigenvalue weighted by atomic mass is 32.1. The number of rotatable bonds is 3. The van der Waals surface area contributed by atoms with Gasteiger partial charge < -0.3 is 9.63 Å². The van der Waals surface area contributed by atoms with Crippen molar-refractivity contribution in [1.82, 2.24) is 19.7 Å². The van der Waals surface area contributed by atoms with Crippen LogP contribution in [0.4, 0.5) is 0 Å². The van der Waals surface area contributed by atoms with E-state index in [-0.39, 0.29) is 17.0 Å². The van der Waals surface area contributed by atoms with Crippen molar-refractivity contribution in [1.29, 1.82) is 0 Å². The number of fused-ring (bicyclic) bond motifs is 1. The van der Waals surface area contributed by atoms with Gasteiger partial charge in [-0.25, -0.2) is 9.78 Å². The maximum atomic E-state index is 12.4. The molecule has 21 heavy (non-hydrogen) atoms. The van der Waals surface area contributed by atoms with Crippen LogP contribution in [0.15, 0.2) is 15.6 Å². The highest BCUT2D eigenvalue weighted by Gasteiger charge is 2.19. The first-order valence-corrected chi connectivity index (χ1v) is 6.80. The summed E-state index contributed by atoms with van der Waals surface area (Å²) in [7, 11) is 0. The van der Waals surface area contributed by atoms with E-state index in [2.05, 4.69) is 15.1 Å². The number of carboxylic acid groups (broad SMARTS) is 1. The fourth-order valence-electron chi connectivity index (χ4n) is 2.03. The van der Waals surface area contributed by atoms with Crippen LogP contribution >= 0.6 is 11.3 Å². The van der Waals surface area contributed by atoms with Crippen molar-refractivity contribution in [2.24, 2.45) is 0 Å². The number of aromatic nitrogens is 4. The molecule has 1 N–H and O–H groups in total. The molecule has 3 aromatic heterocycles. The van der Waals surface area contributed by atoms with Gasteiger partial charge in [-0.3, -0.25) is 9.36 Å². The minimum Gasteiger partial charge on any atom is -0.477 e. The van der Waals surface area contributed by atoms with E-state index < -0.39 is 5.97 Å². The van der Waals surface area contributed by atoms with Crippen LogP contribution in [0, 0.1) is 13.8 Å². The van der Waals surface area contributed by atoms with Gasteiger partial charge in [0.25, 0.3) is 5.56 Å². The van der Waals surface area contributed by atoms with Crippen molar-refractivity contribution >= 4 is 27.5 Å². The molecule has 3 rings (SSSR count). The van der Waals surface area contributed by atoms with Crippen LogP contribution < -0.4 is 5.56 Å². The van der Waals surface area contributed by atoms with E-state index in [4.69, 9.17) is 9.63 Å². The first kappa shape index (κ1) is 13.4. The fraction of sp³-hybridized carbons (Fsp3) is 0.250. The third-order valence-corrected chi connectivity index (χ3v) is 4.17. The zero-order valence-electron chi connectivity index (χ0n) is 11.2. The molecule has 0 saturated heterocycles. The normalized spacial score (nSPS) is 11.1. The summed E-state index contributed by atoms with van der Waals surface area (Å²) in [4.78, 5) is 32.3. The third-order valence-electron chi connectivity index (χ3n) is 2.99. The van der Waals surface area contributed by atoms with E-state index in [9.17, 15) is 9.59 Å². The molecule has 0 atom stereocenters. The van der Waals surface area contributed by atoms with Gasteiger partial charge in [-0.2, -0.15) is 4.98 Å². The summed E-state index contributed by atoms with van der Waals surface area (Å²) >= 11 is 0.990. The van der Waals surface area contributed by atoms with E-state index in [0.29, 0.717) is 27.5 Å². The largest absolute Gasteiger partial charge is 0.477 e. The molecule has 0 aromatic carbocycles. The second kappa shape index (κ2) is 4.77. The lowest BCUT2D eigenvalue weighted by atomic mass is 10.2. The molecular formula is C12H10N4O4S. The van der Waals surface area contributed by atoms with E-state index in [1.807, 2.05) is 0 Å². The maximum Gasteiger partial charge on any atom is 0.346 e. The van der Waals surface area contributed by atoms with Crippen molar-refractivity contribution < 1.29 is 14.4 Å². The van der Waals surface area contributed by atoms with E-state index in [1.165, 1.54) is 10.9 Å². The van der Waals surface area contributed by atoms with Crippen LogP contribution in [0.1, 0.15) is 27.0 Å². The number of aryl methyl sites for hydroxylation is 2. The number of hydrogen-bond acceptors (Lipinski definition) is 7. The summed E-state index contributed by atoms with van der Waals surface area (Å²) in [6.45, 7) is 3.38. The summed E-state index contributed by atoms with van der Waals surface area (Å²) in [5, 5.41) is 13.1. The number of carboxylic acids is 1. The Labute approximate surface area is 121 Å². The van der Waals surface area contributed by atoms with Crippen molar-refractivity contribution in [3.8, 4) is 0 Å². The number of nitrogens with zero attached hydrogens (tertiary/aromatic N) is 4. The fourth-order valence-corrected chi connectivity index (χ4v) is 3.00. The molecule has 0 saturated carbocycles. The summed E-state index contributed by atoms with van der Waals surface area (Å²) < 4.78 is 6.29. The standard InChI is InChI=1S/C12H10N4O4S/c1-5-8-10(21-9(5)12(18)19)13-4-16(11(8)17)3-7-14-6(2)15-20-7/h4H,3H2,1-2H3,(H,18,19). The molecule has 8 nitrogen and oxygen atoms in total. The van der Waals surface area contributed by atoms with Gasteiger partial charge in [-0.05, 0) is 19.4 Å². The zero-order chi connectivity index (χ0) is 15.1. The van der Waals surface area contributed by atoms with Crippen LogP contribution in [-0.4, -0.2) is 30.8 Å². The molecule has 108 valence electrons. The Morgan fingerprint density at radius 2 is 2.24 bits per heavy atom. The van der Waals surface area contributed by atoms with Gasteiger partial charge in [0.1, 0.15) is 16.3 Å². The molecule has 3 aromatic rings. The van der Waals surface area contributed by atoms with Gasteiger partial charge in [0.2, 0.25) is 5.89 Å². The lowest BCUT2D eigenvalue weighted by Gasteiger charge is -2.01. The van der Waals surface area contributed by atoms with Crippen LogP contribution in [0.3, 0.4) is 0 Å².